The van der Waals surface area contributed by atoms with Crippen LogP contribution in [-0.4, -0.2) is 78.3 Å². The third-order valence-electron chi connectivity index (χ3n) is 12.9. The molecule has 1 aliphatic heterocycles. The maximum atomic E-state index is 14.8. The van der Waals surface area contributed by atoms with E-state index in [1.54, 1.807) is 29.2 Å². The monoisotopic (exact) mass is 904 g/mol. The van der Waals surface area contributed by atoms with Gasteiger partial charge in [0.1, 0.15) is 43.2 Å². The lowest BCUT2D eigenvalue weighted by Gasteiger charge is -2.59. The second-order valence-electron chi connectivity index (χ2n) is 17.3. The fourth-order valence-corrected chi connectivity index (χ4v) is 9.92. The molecule has 6 atom stereocenters. The van der Waals surface area contributed by atoms with Crippen LogP contribution in [0.15, 0.2) is 133 Å². The highest BCUT2D eigenvalue weighted by Crippen LogP contribution is 2.62. The molecule has 0 spiro atoms. The van der Waals surface area contributed by atoms with E-state index in [2.05, 4.69) is 12.7 Å². The zero-order chi connectivity index (χ0) is 46.1. The summed E-state index contributed by atoms with van der Waals surface area (Å²) < 4.78 is 47.5. The Kier molecular flexibility index (Phi) is 17.8. The van der Waals surface area contributed by atoms with Gasteiger partial charge in [-0.3, -0.25) is 4.90 Å². The van der Waals surface area contributed by atoms with Crippen LogP contribution in [-0.2, 0) is 38.9 Å². The number of allylic oxidation sites excluding steroid dienone is 1. The SMILES string of the molecule is C=CCO[C@@]12Oc3ccc(OCc4ccccc4F)cc3[C@H]3[C@H](CCCCO)[C@@H](CCCCO)C=C(C(=NOCc4ccccc4)C[C@@H]1N(CCC)C(=O)OCCOCc1ccccc1)[C@H]32. The van der Waals surface area contributed by atoms with Crippen LogP contribution in [0.25, 0.3) is 0 Å². The number of aliphatic hydroxyl groups excluding tert-OH is 2. The molecule has 4 aromatic carbocycles. The second kappa shape index (κ2) is 24.3. The van der Waals surface area contributed by atoms with Gasteiger partial charge in [-0.2, -0.15) is 0 Å². The predicted octanol–water partition coefficient (Wildman–Crippen LogP) is 10.3. The molecule has 1 heterocycles. The molecule has 2 aliphatic carbocycles. The third-order valence-corrected chi connectivity index (χ3v) is 12.9. The van der Waals surface area contributed by atoms with E-state index in [-0.39, 0.29) is 76.2 Å². The van der Waals surface area contributed by atoms with Gasteiger partial charge in [0.2, 0.25) is 5.79 Å². The summed E-state index contributed by atoms with van der Waals surface area (Å²) in [6.45, 7) is 7.59. The van der Waals surface area contributed by atoms with Crippen molar-refractivity contribution in [2.45, 2.75) is 95.9 Å². The van der Waals surface area contributed by atoms with Crippen LogP contribution in [0.5, 0.6) is 11.5 Å². The van der Waals surface area contributed by atoms with Crippen molar-refractivity contribution in [2.75, 3.05) is 39.6 Å². The fourth-order valence-electron chi connectivity index (χ4n) is 9.92. The lowest BCUT2D eigenvalue weighted by molar-refractivity contribution is -0.255. The molecule has 352 valence electrons. The number of hydrogen-bond donors (Lipinski definition) is 2. The number of ether oxygens (including phenoxy) is 5. The van der Waals surface area contributed by atoms with Crippen LogP contribution in [0.1, 0.15) is 86.5 Å². The van der Waals surface area contributed by atoms with Crippen molar-refractivity contribution < 1.29 is 47.9 Å². The van der Waals surface area contributed by atoms with E-state index in [4.69, 9.17) is 33.7 Å². The van der Waals surface area contributed by atoms with Crippen LogP contribution in [0.4, 0.5) is 9.18 Å². The number of unbranched alkanes of at least 4 members (excludes halogenated alkanes) is 2. The molecule has 0 aromatic heterocycles. The number of nitrogens with zero attached hydrogens (tertiary/aromatic N) is 2. The molecular weight excluding hydrogens is 840 g/mol. The summed E-state index contributed by atoms with van der Waals surface area (Å²) in [5, 5.41) is 24.9. The Labute approximate surface area is 388 Å². The zero-order valence-corrected chi connectivity index (χ0v) is 38.1. The van der Waals surface area contributed by atoms with Gasteiger partial charge >= 0.3 is 6.09 Å². The summed E-state index contributed by atoms with van der Waals surface area (Å²) in [5.74, 6) is -1.37. The first-order chi connectivity index (χ1) is 32.4. The van der Waals surface area contributed by atoms with Crippen molar-refractivity contribution in [3.63, 3.8) is 0 Å². The molecule has 66 heavy (non-hydrogen) atoms. The van der Waals surface area contributed by atoms with Crippen molar-refractivity contribution >= 4 is 11.8 Å². The molecule has 11 nitrogen and oxygen atoms in total. The van der Waals surface area contributed by atoms with E-state index in [0.717, 1.165) is 47.9 Å². The number of rotatable bonds is 25. The number of oxime groups is 1. The van der Waals surface area contributed by atoms with Crippen molar-refractivity contribution in [1.82, 2.24) is 4.90 Å². The number of halogens is 1. The highest BCUT2D eigenvalue weighted by molar-refractivity contribution is 6.03. The number of carbonyl (C=O) groups excluding carboxylic acids is 1. The van der Waals surface area contributed by atoms with Gasteiger partial charge in [-0.25, -0.2) is 9.18 Å². The minimum atomic E-state index is -1.45. The van der Waals surface area contributed by atoms with E-state index in [0.29, 0.717) is 55.2 Å². The van der Waals surface area contributed by atoms with Crippen LogP contribution in [0, 0.1) is 23.6 Å². The van der Waals surface area contributed by atoms with Gasteiger partial charge in [0.25, 0.3) is 0 Å². The molecule has 0 radical (unpaired) electrons. The average molecular weight is 905 g/mol. The highest BCUT2D eigenvalue weighted by atomic mass is 19.1. The maximum Gasteiger partial charge on any atom is 0.410 e. The topological polar surface area (TPSA) is 129 Å². The molecule has 0 saturated heterocycles. The molecule has 0 bridgehead atoms. The van der Waals surface area contributed by atoms with E-state index in [1.807, 2.05) is 85.8 Å². The van der Waals surface area contributed by atoms with E-state index < -0.39 is 23.8 Å². The predicted molar refractivity (Wildman–Crippen MR) is 251 cm³/mol. The highest BCUT2D eigenvalue weighted by Gasteiger charge is 2.65. The van der Waals surface area contributed by atoms with Crippen molar-refractivity contribution in [1.29, 1.82) is 0 Å². The van der Waals surface area contributed by atoms with Crippen LogP contribution in [0.3, 0.4) is 0 Å². The van der Waals surface area contributed by atoms with E-state index in [1.165, 1.54) is 6.07 Å². The lowest BCUT2D eigenvalue weighted by atomic mass is 9.55. The Morgan fingerprint density at radius 1 is 0.894 bits per heavy atom. The third kappa shape index (κ3) is 11.7. The summed E-state index contributed by atoms with van der Waals surface area (Å²) in [4.78, 5) is 22.5. The molecule has 1 amide bonds. The number of fused-ring (bicyclic) bond motifs is 2. The first kappa shape index (κ1) is 48.4. The standard InChI is InChI=1S/C54H65FN2O9/c1-3-27-57(53(60)62-32-31-61-36-39-17-7-5-8-18-39)50-35-48(56-65-37-40-19-9-6-10-20-40)45-33-41(21-13-15-28-58)44(23-14-16-29-59)51-46-34-43(63-38-42-22-11-12-24-47(42)55)25-26-49(46)66-54(50,52(45)51)64-30-4-2/h4-12,17-20,22,24-26,33-34,41,44,50-52,58-59H,2-3,13-16,21,23,27-32,35-38H2,1H3/t41-,44+,50-,51+,52+,54+/m0/s1. The van der Waals surface area contributed by atoms with Gasteiger partial charge in [-0.15, -0.1) is 6.58 Å². The normalized spacial score (nSPS) is 22.3. The van der Waals surface area contributed by atoms with Crippen LogP contribution < -0.4 is 9.47 Å². The molecule has 1 fully saturated rings. The van der Waals surface area contributed by atoms with Crippen molar-refractivity contribution in [2.24, 2.45) is 22.9 Å². The quantitative estimate of drug-likeness (QED) is 0.0379. The summed E-state index contributed by atoms with van der Waals surface area (Å²) in [5.41, 5.74) is 4.93. The van der Waals surface area contributed by atoms with Crippen LogP contribution >= 0.6 is 0 Å². The lowest BCUT2D eigenvalue weighted by Crippen LogP contribution is -2.70. The molecule has 1 saturated carbocycles. The summed E-state index contributed by atoms with van der Waals surface area (Å²) in [7, 11) is 0. The van der Waals surface area contributed by atoms with Gasteiger partial charge in [0.15, 0.2) is 0 Å². The Bertz CT molecular complexity index is 2220. The zero-order valence-electron chi connectivity index (χ0n) is 38.1. The van der Waals surface area contributed by atoms with E-state index in [9.17, 15) is 19.4 Å². The summed E-state index contributed by atoms with van der Waals surface area (Å²) in [6, 6.07) is 31.3. The largest absolute Gasteiger partial charge is 0.489 e. The second-order valence-corrected chi connectivity index (χ2v) is 17.3. The number of amides is 1. The summed E-state index contributed by atoms with van der Waals surface area (Å²) >= 11 is 0. The van der Waals surface area contributed by atoms with Crippen LogP contribution in [0.2, 0.25) is 0 Å². The molecule has 7 rings (SSSR count). The van der Waals surface area contributed by atoms with Gasteiger partial charge in [0.05, 0.1) is 31.5 Å². The van der Waals surface area contributed by atoms with Crippen molar-refractivity contribution in [3.8, 4) is 11.5 Å². The molecule has 4 aromatic rings. The van der Waals surface area contributed by atoms with Crippen molar-refractivity contribution in [3.05, 3.63) is 156 Å². The Balaban J connectivity index is 1.33. The van der Waals surface area contributed by atoms with Gasteiger partial charge < -0.3 is 38.7 Å². The smallest absolute Gasteiger partial charge is 0.410 e. The number of hydrogen-bond acceptors (Lipinski definition) is 10. The Hall–Kier alpha value is -5.53. The molecular formula is C54H65FN2O9. The first-order valence-corrected chi connectivity index (χ1v) is 23.6. The Morgan fingerprint density at radius 3 is 2.32 bits per heavy atom. The molecule has 12 heteroatoms. The maximum absolute atomic E-state index is 14.8. The average Bonchev–Trinajstić information content (AvgIpc) is 3.34. The fraction of sp³-hybridized carbons (Fsp3) is 0.444. The van der Waals surface area contributed by atoms with E-state index >= 15 is 0 Å². The van der Waals surface area contributed by atoms with Gasteiger partial charge in [0, 0.05) is 43.2 Å². The first-order valence-electron chi connectivity index (χ1n) is 23.6. The number of carbonyl (C=O) groups is 1. The molecule has 2 N–H and O–H groups in total. The molecule has 3 aliphatic rings. The minimum Gasteiger partial charge on any atom is -0.489 e. The Morgan fingerprint density at radius 2 is 1.61 bits per heavy atom. The van der Waals surface area contributed by atoms with Gasteiger partial charge in [-0.1, -0.05) is 116 Å². The minimum absolute atomic E-state index is 0.0127. The number of benzene rings is 4. The van der Waals surface area contributed by atoms with Gasteiger partial charge in [-0.05, 0) is 84.9 Å². The number of aliphatic hydroxyl groups is 2. The summed E-state index contributed by atoms with van der Waals surface area (Å²) in [6.07, 6.45) is 8.79. The molecule has 0 unspecified atom stereocenters.